The molecule has 0 bridgehead atoms. The molecular weight excluding hydrogens is 435 g/mol. The second-order valence-corrected chi connectivity index (χ2v) is 8.50. The fraction of sp³-hybridized carbons (Fsp3) is 0.0909. The molecule has 2 N–H and O–H groups in total. The van der Waals surface area contributed by atoms with Crippen LogP contribution in [0.1, 0.15) is 4.88 Å². The number of benzene rings is 2. The highest BCUT2D eigenvalue weighted by Gasteiger charge is 2.14. The fourth-order valence-corrected chi connectivity index (χ4v) is 4.34. The van der Waals surface area contributed by atoms with E-state index in [1.165, 1.54) is 35.2 Å². The highest BCUT2D eigenvalue weighted by atomic mass is 32.2. The minimum atomic E-state index is -0.540. The Kier molecular flexibility index (Phi) is 6.54. The SMILES string of the molecule is O=C(CSc1nnc(-c2ccc(F)cc2)c2ccccc12)NC(=O)NCc1cccs1. The van der Waals surface area contributed by atoms with Crippen molar-refractivity contribution in [3.63, 3.8) is 0 Å². The lowest BCUT2D eigenvalue weighted by Gasteiger charge is -2.09. The molecule has 0 unspecified atom stereocenters. The van der Waals surface area contributed by atoms with Gasteiger partial charge < -0.3 is 5.32 Å². The summed E-state index contributed by atoms with van der Waals surface area (Å²) in [5, 5.41) is 17.7. The molecule has 2 aromatic heterocycles. The topological polar surface area (TPSA) is 84.0 Å². The largest absolute Gasteiger partial charge is 0.333 e. The Bertz CT molecular complexity index is 1210. The lowest BCUT2D eigenvalue weighted by atomic mass is 10.1. The van der Waals surface area contributed by atoms with Gasteiger partial charge >= 0.3 is 6.03 Å². The summed E-state index contributed by atoms with van der Waals surface area (Å²) < 4.78 is 13.3. The first-order valence-electron chi connectivity index (χ1n) is 9.34. The Morgan fingerprint density at radius 3 is 2.48 bits per heavy atom. The summed E-state index contributed by atoms with van der Waals surface area (Å²) in [6.45, 7) is 0.366. The van der Waals surface area contributed by atoms with Crippen molar-refractivity contribution in [3.05, 3.63) is 76.7 Å². The molecule has 0 saturated heterocycles. The number of nitrogens with zero attached hydrogens (tertiary/aromatic N) is 2. The first-order valence-corrected chi connectivity index (χ1v) is 11.2. The predicted molar refractivity (Wildman–Crippen MR) is 120 cm³/mol. The van der Waals surface area contributed by atoms with Crippen LogP contribution in [0.15, 0.2) is 71.1 Å². The van der Waals surface area contributed by atoms with Crippen molar-refractivity contribution in [1.82, 2.24) is 20.8 Å². The Labute approximate surface area is 185 Å². The second-order valence-electron chi connectivity index (χ2n) is 6.51. The van der Waals surface area contributed by atoms with E-state index in [0.717, 1.165) is 21.2 Å². The van der Waals surface area contributed by atoms with Crippen LogP contribution in [0, 0.1) is 5.82 Å². The standard InChI is InChI=1S/C22H17FN4O2S2/c23-15-9-7-14(8-10-15)20-17-5-1-2-6-18(17)21(27-26-20)31-13-19(28)25-22(29)24-12-16-4-3-11-30-16/h1-11H,12-13H2,(H2,24,25,28,29). The summed E-state index contributed by atoms with van der Waals surface area (Å²) in [6, 6.07) is 16.9. The van der Waals surface area contributed by atoms with Gasteiger partial charge in [-0.3, -0.25) is 10.1 Å². The average molecular weight is 453 g/mol. The number of thiophene rings is 1. The van der Waals surface area contributed by atoms with Gasteiger partial charge in [-0.1, -0.05) is 42.1 Å². The molecule has 2 heterocycles. The van der Waals surface area contributed by atoms with Gasteiger partial charge in [0, 0.05) is 21.2 Å². The number of carbonyl (C=O) groups excluding carboxylic acids is 2. The van der Waals surface area contributed by atoms with Crippen molar-refractivity contribution >= 4 is 45.8 Å². The Balaban J connectivity index is 1.43. The number of nitrogens with one attached hydrogen (secondary N) is 2. The molecule has 0 aliphatic heterocycles. The number of carbonyl (C=O) groups is 2. The first kappa shape index (κ1) is 21.0. The maximum absolute atomic E-state index is 13.3. The number of fused-ring (bicyclic) bond motifs is 1. The zero-order chi connectivity index (χ0) is 21.6. The monoisotopic (exact) mass is 452 g/mol. The third-order valence-corrected chi connectivity index (χ3v) is 6.23. The Morgan fingerprint density at radius 2 is 1.74 bits per heavy atom. The van der Waals surface area contributed by atoms with E-state index >= 15 is 0 Å². The van der Waals surface area contributed by atoms with Crippen LogP contribution in [-0.2, 0) is 11.3 Å². The number of halogens is 1. The van der Waals surface area contributed by atoms with E-state index in [1.54, 1.807) is 12.1 Å². The van der Waals surface area contributed by atoms with Gasteiger partial charge in [0.2, 0.25) is 5.91 Å². The van der Waals surface area contributed by atoms with Crippen molar-refractivity contribution in [1.29, 1.82) is 0 Å². The average Bonchev–Trinajstić information content (AvgIpc) is 3.30. The van der Waals surface area contributed by atoms with E-state index < -0.39 is 11.9 Å². The van der Waals surface area contributed by atoms with Crippen LogP contribution >= 0.6 is 23.1 Å². The van der Waals surface area contributed by atoms with E-state index in [4.69, 9.17) is 0 Å². The minimum Gasteiger partial charge on any atom is -0.333 e. The third-order valence-electron chi connectivity index (χ3n) is 4.37. The fourth-order valence-electron chi connectivity index (χ4n) is 2.93. The quantitative estimate of drug-likeness (QED) is 0.417. The Hall–Kier alpha value is -3.30. The molecule has 156 valence electrons. The molecule has 0 aliphatic rings. The predicted octanol–water partition coefficient (Wildman–Crippen LogP) is 4.62. The van der Waals surface area contributed by atoms with E-state index in [-0.39, 0.29) is 11.6 Å². The van der Waals surface area contributed by atoms with Crippen molar-refractivity contribution in [3.8, 4) is 11.3 Å². The summed E-state index contributed by atoms with van der Waals surface area (Å²) in [4.78, 5) is 25.1. The smallest absolute Gasteiger partial charge is 0.321 e. The highest BCUT2D eigenvalue weighted by molar-refractivity contribution is 8.00. The van der Waals surface area contributed by atoms with E-state index in [1.807, 2.05) is 41.8 Å². The van der Waals surface area contributed by atoms with Gasteiger partial charge in [-0.15, -0.1) is 21.5 Å². The maximum Gasteiger partial charge on any atom is 0.321 e. The summed E-state index contributed by atoms with van der Waals surface area (Å²) in [6.07, 6.45) is 0. The van der Waals surface area contributed by atoms with E-state index in [0.29, 0.717) is 17.3 Å². The molecule has 0 saturated carbocycles. The van der Waals surface area contributed by atoms with Gasteiger partial charge in [-0.2, -0.15) is 0 Å². The number of imide groups is 1. The van der Waals surface area contributed by atoms with E-state index in [9.17, 15) is 14.0 Å². The van der Waals surface area contributed by atoms with E-state index in [2.05, 4.69) is 20.8 Å². The zero-order valence-electron chi connectivity index (χ0n) is 16.2. The molecule has 2 aromatic carbocycles. The van der Waals surface area contributed by atoms with Gasteiger partial charge in [-0.05, 0) is 35.7 Å². The lowest BCUT2D eigenvalue weighted by molar-refractivity contribution is -0.117. The third kappa shape index (κ3) is 5.25. The summed E-state index contributed by atoms with van der Waals surface area (Å²) in [7, 11) is 0. The number of urea groups is 1. The zero-order valence-corrected chi connectivity index (χ0v) is 17.8. The van der Waals surface area contributed by atoms with Gasteiger partial charge in [0.15, 0.2) is 0 Å². The normalized spacial score (nSPS) is 10.7. The molecule has 0 radical (unpaired) electrons. The molecule has 9 heteroatoms. The molecule has 3 amide bonds. The molecule has 0 atom stereocenters. The molecule has 0 fully saturated rings. The van der Waals surface area contributed by atoms with Crippen LogP contribution in [0.25, 0.3) is 22.0 Å². The maximum atomic E-state index is 13.3. The molecule has 6 nitrogen and oxygen atoms in total. The summed E-state index contributed by atoms with van der Waals surface area (Å²) in [5.74, 6) is -0.734. The number of hydrogen-bond acceptors (Lipinski definition) is 6. The lowest BCUT2D eigenvalue weighted by Crippen LogP contribution is -2.39. The van der Waals surface area contributed by atoms with Crippen LogP contribution < -0.4 is 10.6 Å². The molecule has 31 heavy (non-hydrogen) atoms. The number of thioether (sulfide) groups is 1. The van der Waals surface area contributed by atoms with Crippen molar-refractivity contribution < 1.29 is 14.0 Å². The van der Waals surface area contributed by atoms with Gasteiger partial charge in [0.05, 0.1) is 12.3 Å². The molecule has 4 aromatic rings. The van der Waals surface area contributed by atoms with Gasteiger partial charge in [-0.25, -0.2) is 9.18 Å². The number of hydrogen-bond donors (Lipinski definition) is 2. The second kappa shape index (κ2) is 9.67. The Morgan fingerprint density at radius 1 is 0.968 bits per heavy atom. The highest BCUT2D eigenvalue weighted by Crippen LogP contribution is 2.31. The summed E-state index contributed by atoms with van der Waals surface area (Å²) in [5.41, 5.74) is 1.39. The van der Waals surface area contributed by atoms with Crippen LogP contribution in [0.2, 0.25) is 0 Å². The van der Waals surface area contributed by atoms with Gasteiger partial charge in [0.1, 0.15) is 16.5 Å². The molecule has 0 spiro atoms. The minimum absolute atomic E-state index is 0.0149. The summed E-state index contributed by atoms with van der Waals surface area (Å²) >= 11 is 2.73. The number of aromatic nitrogens is 2. The van der Waals surface area contributed by atoms with Crippen LogP contribution in [0.3, 0.4) is 0 Å². The van der Waals surface area contributed by atoms with Crippen molar-refractivity contribution in [2.75, 3.05) is 5.75 Å². The van der Waals surface area contributed by atoms with Crippen LogP contribution in [0.4, 0.5) is 9.18 Å². The van der Waals surface area contributed by atoms with Crippen molar-refractivity contribution in [2.45, 2.75) is 11.6 Å². The number of amides is 3. The molecule has 0 aliphatic carbocycles. The van der Waals surface area contributed by atoms with Crippen LogP contribution in [-0.4, -0.2) is 27.9 Å². The van der Waals surface area contributed by atoms with Gasteiger partial charge in [0.25, 0.3) is 0 Å². The molecular formula is C22H17FN4O2S2. The number of rotatable bonds is 6. The molecule has 4 rings (SSSR count). The van der Waals surface area contributed by atoms with Crippen molar-refractivity contribution in [2.24, 2.45) is 0 Å². The van der Waals surface area contributed by atoms with Crippen LogP contribution in [0.5, 0.6) is 0 Å². The first-order chi connectivity index (χ1) is 15.1.